The molecule has 4 nitrogen and oxygen atoms in total. The van der Waals surface area contributed by atoms with Gasteiger partial charge in [0.15, 0.2) is 0 Å². The van der Waals surface area contributed by atoms with Crippen LogP contribution >= 0.6 is 11.8 Å². The Morgan fingerprint density at radius 3 is 2.67 bits per heavy atom. The Morgan fingerprint density at radius 2 is 2.11 bits per heavy atom. The molecule has 5 heteroatoms. The zero-order chi connectivity index (χ0) is 13.8. The molecule has 0 N–H and O–H groups in total. The first-order chi connectivity index (χ1) is 8.65. The molecule has 0 aromatic rings. The molecule has 0 unspecified atom stereocenters. The van der Waals surface area contributed by atoms with E-state index in [1.807, 2.05) is 0 Å². The molecule has 0 fully saturated rings. The van der Waals surface area contributed by atoms with Crippen LogP contribution in [0.1, 0.15) is 26.7 Å². The zero-order valence-corrected chi connectivity index (χ0v) is 12.1. The fourth-order valence-corrected chi connectivity index (χ4v) is 2.26. The number of carbonyl (C=O) groups is 2. The summed E-state index contributed by atoms with van der Waals surface area (Å²) < 4.78 is 4.84. The first kappa shape index (κ1) is 17.0. The van der Waals surface area contributed by atoms with Crippen LogP contribution in [0.5, 0.6) is 0 Å². The summed E-state index contributed by atoms with van der Waals surface area (Å²) in [5, 5.41) is 0. The predicted molar refractivity (Wildman–Crippen MR) is 75.6 cm³/mol. The molecule has 0 heterocycles. The summed E-state index contributed by atoms with van der Waals surface area (Å²) >= 11 is 1.60. The van der Waals surface area contributed by atoms with E-state index in [1.165, 1.54) is 4.90 Å². The van der Waals surface area contributed by atoms with Crippen LogP contribution in [0.2, 0.25) is 0 Å². The molecule has 0 bridgehead atoms. The number of hydrogen-bond acceptors (Lipinski definition) is 4. The Bertz CT molecular complexity index is 269. The second kappa shape index (κ2) is 11.1. The topological polar surface area (TPSA) is 46.6 Å². The SMILES string of the molecule is C=CCN(CC(=O)OCC)C(=O)CSCCCC. The lowest BCUT2D eigenvalue weighted by molar-refractivity contribution is -0.147. The third-order valence-electron chi connectivity index (χ3n) is 2.20. The number of unbranched alkanes of at least 4 members (excludes halogenated alkanes) is 1. The van der Waals surface area contributed by atoms with Gasteiger partial charge in [0, 0.05) is 6.54 Å². The van der Waals surface area contributed by atoms with Crippen molar-refractivity contribution in [2.24, 2.45) is 0 Å². The van der Waals surface area contributed by atoms with Gasteiger partial charge in [-0.2, -0.15) is 11.8 Å². The van der Waals surface area contributed by atoms with E-state index in [-0.39, 0.29) is 18.4 Å². The van der Waals surface area contributed by atoms with Gasteiger partial charge in [0.1, 0.15) is 6.54 Å². The van der Waals surface area contributed by atoms with Crippen molar-refractivity contribution in [2.75, 3.05) is 31.2 Å². The van der Waals surface area contributed by atoms with Crippen LogP contribution in [-0.2, 0) is 14.3 Å². The van der Waals surface area contributed by atoms with Crippen LogP contribution in [-0.4, -0.2) is 48.0 Å². The third-order valence-corrected chi connectivity index (χ3v) is 3.22. The average molecular weight is 273 g/mol. The van der Waals surface area contributed by atoms with E-state index >= 15 is 0 Å². The molecule has 18 heavy (non-hydrogen) atoms. The minimum Gasteiger partial charge on any atom is -0.465 e. The Hall–Kier alpha value is -0.970. The zero-order valence-electron chi connectivity index (χ0n) is 11.3. The van der Waals surface area contributed by atoms with E-state index in [1.54, 1.807) is 24.8 Å². The summed E-state index contributed by atoms with van der Waals surface area (Å²) in [6, 6.07) is 0. The van der Waals surface area contributed by atoms with Gasteiger partial charge >= 0.3 is 5.97 Å². The van der Waals surface area contributed by atoms with Crippen LogP contribution in [0.3, 0.4) is 0 Å². The lowest BCUT2D eigenvalue weighted by Crippen LogP contribution is -2.37. The predicted octanol–water partition coefficient (Wildman–Crippen LogP) is 2.10. The molecule has 0 radical (unpaired) electrons. The van der Waals surface area contributed by atoms with Gasteiger partial charge in [0.25, 0.3) is 0 Å². The van der Waals surface area contributed by atoms with Crippen molar-refractivity contribution in [3.8, 4) is 0 Å². The number of ether oxygens (including phenoxy) is 1. The second-order valence-electron chi connectivity index (χ2n) is 3.77. The van der Waals surface area contributed by atoms with Gasteiger partial charge in [-0.3, -0.25) is 9.59 Å². The van der Waals surface area contributed by atoms with Crippen LogP contribution < -0.4 is 0 Å². The van der Waals surface area contributed by atoms with E-state index < -0.39 is 0 Å². The number of thioether (sulfide) groups is 1. The molecular formula is C13H23NO3S. The van der Waals surface area contributed by atoms with E-state index in [9.17, 15) is 9.59 Å². The molecule has 0 saturated heterocycles. The molecule has 0 saturated carbocycles. The van der Waals surface area contributed by atoms with Crippen LogP contribution in [0.25, 0.3) is 0 Å². The molecule has 0 spiro atoms. The lowest BCUT2D eigenvalue weighted by Gasteiger charge is -2.19. The largest absolute Gasteiger partial charge is 0.465 e. The highest BCUT2D eigenvalue weighted by atomic mass is 32.2. The molecule has 0 aromatic heterocycles. The normalized spacial score (nSPS) is 9.89. The highest BCUT2D eigenvalue weighted by Gasteiger charge is 2.16. The van der Waals surface area contributed by atoms with Crippen molar-refractivity contribution < 1.29 is 14.3 Å². The summed E-state index contributed by atoms with van der Waals surface area (Å²) in [5.74, 6) is 0.979. The molecule has 104 valence electrons. The van der Waals surface area contributed by atoms with E-state index in [4.69, 9.17) is 4.74 Å². The monoisotopic (exact) mass is 273 g/mol. The fraction of sp³-hybridized carbons (Fsp3) is 0.692. The number of amides is 1. The van der Waals surface area contributed by atoms with Crippen LogP contribution in [0.4, 0.5) is 0 Å². The van der Waals surface area contributed by atoms with Gasteiger partial charge in [-0.15, -0.1) is 6.58 Å². The number of hydrogen-bond donors (Lipinski definition) is 0. The van der Waals surface area contributed by atoms with Crippen molar-refractivity contribution >= 4 is 23.6 Å². The molecule has 0 atom stereocenters. The number of esters is 1. The van der Waals surface area contributed by atoms with Gasteiger partial charge in [-0.25, -0.2) is 0 Å². The van der Waals surface area contributed by atoms with Crippen molar-refractivity contribution in [2.45, 2.75) is 26.7 Å². The number of nitrogens with zero attached hydrogens (tertiary/aromatic N) is 1. The molecular weight excluding hydrogens is 250 g/mol. The molecule has 0 aliphatic carbocycles. The standard InChI is InChI=1S/C13H23NO3S/c1-4-7-9-18-11-12(15)14(8-5-2)10-13(16)17-6-3/h5H,2,4,6-11H2,1,3H3. The Balaban J connectivity index is 4.09. The van der Waals surface area contributed by atoms with Crippen LogP contribution in [0, 0.1) is 0 Å². The van der Waals surface area contributed by atoms with Crippen molar-refractivity contribution in [3.05, 3.63) is 12.7 Å². The highest BCUT2D eigenvalue weighted by molar-refractivity contribution is 7.99. The third kappa shape index (κ3) is 8.17. The summed E-state index contributed by atoms with van der Waals surface area (Å²) in [7, 11) is 0. The summed E-state index contributed by atoms with van der Waals surface area (Å²) in [5.41, 5.74) is 0. The quantitative estimate of drug-likeness (QED) is 0.347. The molecule has 1 amide bonds. The Labute approximate surface area is 114 Å². The maximum atomic E-state index is 11.9. The van der Waals surface area contributed by atoms with Crippen molar-refractivity contribution in [1.82, 2.24) is 4.90 Å². The van der Waals surface area contributed by atoms with Crippen molar-refractivity contribution in [3.63, 3.8) is 0 Å². The summed E-state index contributed by atoms with van der Waals surface area (Å²) in [6.07, 6.45) is 3.85. The van der Waals surface area contributed by atoms with E-state index in [0.717, 1.165) is 18.6 Å². The maximum absolute atomic E-state index is 11.9. The fourth-order valence-electron chi connectivity index (χ4n) is 1.27. The Morgan fingerprint density at radius 1 is 1.39 bits per heavy atom. The second-order valence-corrected chi connectivity index (χ2v) is 4.88. The maximum Gasteiger partial charge on any atom is 0.325 e. The number of rotatable bonds is 10. The van der Waals surface area contributed by atoms with Gasteiger partial charge < -0.3 is 9.64 Å². The van der Waals surface area contributed by atoms with Gasteiger partial charge in [0.05, 0.1) is 12.4 Å². The lowest BCUT2D eigenvalue weighted by atomic mass is 10.4. The first-order valence-corrected chi connectivity index (χ1v) is 7.43. The molecule has 0 aromatic carbocycles. The molecule has 0 rings (SSSR count). The molecule has 0 aliphatic heterocycles. The van der Waals surface area contributed by atoms with E-state index in [0.29, 0.717) is 18.9 Å². The average Bonchev–Trinajstić information content (AvgIpc) is 2.34. The Kier molecular flexibility index (Phi) is 10.5. The van der Waals surface area contributed by atoms with Gasteiger partial charge in [0.2, 0.25) is 5.91 Å². The van der Waals surface area contributed by atoms with Gasteiger partial charge in [-0.05, 0) is 19.1 Å². The first-order valence-electron chi connectivity index (χ1n) is 6.27. The van der Waals surface area contributed by atoms with E-state index in [2.05, 4.69) is 13.5 Å². The molecule has 0 aliphatic rings. The number of carbonyl (C=O) groups excluding carboxylic acids is 2. The minimum absolute atomic E-state index is 0.00698. The van der Waals surface area contributed by atoms with Gasteiger partial charge in [-0.1, -0.05) is 19.4 Å². The minimum atomic E-state index is -0.369. The van der Waals surface area contributed by atoms with Crippen LogP contribution in [0.15, 0.2) is 12.7 Å². The summed E-state index contributed by atoms with van der Waals surface area (Å²) in [6.45, 7) is 8.18. The smallest absolute Gasteiger partial charge is 0.325 e. The van der Waals surface area contributed by atoms with Crippen molar-refractivity contribution in [1.29, 1.82) is 0 Å². The highest BCUT2D eigenvalue weighted by Crippen LogP contribution is 2.06. The summed E-state index contributed by atoms with van der Waals surface area (Å²) in [4.78, 5) is 24.7.